The molecule has 0 spiro atoms. The fourth-order valence-electron chi connectivity index (χ4n) is 2.53. The highest BCUT2D eigenvalue weighted by Gasteiger charge is 2.25. The van der Waals surface area contributed by atoms with Crippen LogP contribution in [0.3, 0.4) is 0 Å². The van der Waals surface area contributed by atoms with Gasteiger partial charge in [0.25, 0.3) is 5.91 Å². The maximum absolute atomic E-state index is 12.3. The van der Waals surface area contributed by atoms with Crippen LogP contribution in [-0.4, -0.2) is 39.5 Å². The molecule has 0 bridgehead atoms. The first-order chi connectivity index (χ1) is 8.59. The van der Waals surface area contributed by atoms with Crippen LogP contribution in [-0.2, 0) is 11.3 Å². The Labute approximate surface area is 106 Å². The van der Waals surface area contributed by atoms with E-state index < -0.39 is 5.97 Å². The number of rotatable bonds is 4. The highest BCUT2D eigenvalue weighted by atomic mass is 16.4. The average Bonchev–Trinajstić information content (AvgIpc) is 2.96. The molecule has 0 saturated heterocycles. The predicted octanol–water partition coefficient (Wildman–Crippen LogP) is 1.59. The monoisotopic (exact) mass is 250 g/mol. The standard InChI is InChI=1S/C13H18N2O3/c1-14(10-5-2-3-6-10)13(18)11-7-4-8-15(11)9-12(16)17/h4,7-8,10H,2-3,5-6,9H2,1H3,(H,16,17). The van der Waals surface area contributed by atoms with E-state index in [1.807, 2.05) is 0 Å². The van der Waals surface area contributed by atoms with Gasteiger partial charge in [0, 0.05) is 19.3 Å². The summed E-state index contributed by atoms with van der Waals surface area (Å²) in [4.78, 5) is 24.8. The van der Waals surface area contributed by atoms with E-state index in [1.54, 1.807) is 30.3 Å². The van der Waals surface area contributed by atoms with E-state index in [9.17, 15) is 9.59 Å². The second-order valence-electron chi connectivity index (χ2n) is 4.77. The van der Waals surface area contributed by atoms with E-state index in [0.717, 1.165) is 12.8 Å². The molecule has 0 aliphatic heterocycles. The molecule has 98 valence electrons. The summed E-state index contributed by atoms with van der Waals surface area (Å²) in [7, 11) is 1.80. The van der Waals surface area contributed by atoms with E-state index in [4.69, 9.17) is 5.11 Å². The molecule has 1 aliphatic carbocycles. The summed E-state index contributed by atoms with van der Waals surface area (Å²) in [5.41, 5.74) is 0.451. The molecule has 1 fully saturated rings. The molecule has 1 N–H and O–H groups in total. The van der Waals surface area contributed by atoms with Crippen LogP contribution in [0.15, 0.2) is 18.3 Å². The Bertz CT molecular complexity index is 447. The third kappa shape index (κ3) is 2.55. The summed E-state index contributed by atoms with van der Waals surface area (Å²) in [6.45, 7) is -0.174. The lowest BCUT2D eigenvalue weighted by Crippen LogP contribution is -2.36. The van der Waals surface area contributed by atoms with Crippen molar-refractivity contribution in [3.63, 3.8) is 0 Å². The van der Waals surface area contributed by atoms with Crippen LogP contribution in [0.4, 0.5) is 0 Å². The molecule has 0 atom stereocenters. The first-order valence-electron chi connectivity index (χ1n) is 6.23. The third-order valence-corrected chi connectivity index (χ3v) is 3.55. The Kier molecular flexibility index (Phi) is 3.69. The summed E-state index contributed by atoms with van der Waals surface area (Å²) in [6.07, 6.45) is 6.05. The smallest absolute Gasteiger partial charge is 0.323 e. The highest BCUT2D eigenvalue weighted by molar-refractivity contribution is 5.93. The Morgan fingerprint density at radius 3 is 2.72 bits per heavy atom. The summed E-state index contributed by atoms with van der Waals surface area (Å²) in [6, 6.07) is 3.68. The molecule has 1 aliphatic rings. The van der Waals surface area contributed by atoms with Crippen LogP contribution in [0.2, 0.25) is 0 Å². The molecule has 0 unspecified atom stereocenters. The normalized spacial score (nSPS) is 15.8. The lowest BCUT2D eigenvalue weighted by molar-refractivity contribution is -0.137. The number of carboxylic acids is 1. The van der Waals surface area contributed by atoms with Crippen LogP contribution in [0.25, 0.3) is 0 Å². The number of carbonyl (C=O) groups is 2. The molecule has 5 heteroatoms. The second kappa shape index (κ2) is 5.25. The summed E-state index contributed by atoms with van der Waals surface area (Å²) < 4.78 is 1.48. The number of aromatic nitrogens is 1. The van der Waals surface area contributed by atoms with Gasteiger partial charge in [-0.3, -0.25) is 9.59 Å². The zero-order valence-electron chi connectivity index (χ0n) is 10.5. The first-order valence-corrected chi connectivity index (χ1v) is 6.23. The van der Waals surface area contributed by atoms with Crippen molar-refractivity contribution in [3.8, 4) is 0 Å². The minimum absolute atomic E-state index is 0.0897. The molecule has 0 aromatic carbocycles. The Morgan fingerprint density at radius 1 is 1.44 bits per heavy atom. The van der Waals surface area contributed by atoms with Crippen LogP contribution >= 0.6 is 0 Å². The number of aliphatic carboxylic acids is 1. The third-order valence-electron chi connectivity index (χ3n) is 3.55. The van der Waals surface area contributed by atoms with Gasteiger partial charge in [0.1, 0.15) is 12.2 Å². The van der Waals surface area contributed by atoms with Crippen LogP contribution in [0, 0.1) is 0 Å². The van der Waals surface area contributed by atoms with Gasteiger partial charge in [0.2, 0.25) is 0 Å². The fraction of sp³-hybridized carbons (Fsp3) is 0.538. The minimum atomic E-state index is -0.941. The number of amides is 1. The summed E-state index contributed by atoms with van der Waals surface area (Å²) in [5.74, 6) is -1.03. The van der Waals surface area contributed by atoms with E-state index >= 15 is 0 Å². The zero-order valence-corrected chi connectivity index (χ0v) is 10.5. The van der Waals surface area contributed by atoms with E-state index in [0.29, 0.717) is 11.7 Å². The quantitative estimate of drug-likeness (QED) is 0.882. The average molecular weight is 250 g/mol. The van der Waals surface area contributed by atoms with Gasteiger partial charge in [-0.25, -0.2) is 0 Å². The number of hydrogen-bond donors (Lipinski definition) is 1. The van der Waals surface area contributed by atoms with Gasteiger partial charge in [-0.15, -0.1) is 0 Å². The highest BCUT2D eigenvalue weighted by Crippen LogP contribution is 2.23. The van der Waals surface area contributed by atoms with Crippen molar-refractivity contribution in [2.24, 2.45) is 0 Å². The molecule has 2 rings (SSSR count). The Hall–Kier alpha value is -1.78. The van der Waals surface area contributed by atoms with Gasteiger partial charge in [-0.1, -0.05) is 12.8 Å². The zero-order chi connectivity index (χ0) is 13.1. The van der Waals surface area contributed by atoms with Crippen LogP contribution < -0.4 is 0 Å². The lowest BCUT2D eigenvalue weighted by atomic mass is 10.2. The van der Waals surface area contributed by atoms with Crippen LogP contribution in [0.1, 0.15) is 36.2 Å². The summed E-state index contributed by atoms with van der Waals surface area (Å²) >= 11 is 0. The van der Waals surface area contributed by atoms with Crippen molar-refractivity contribution in [1.29, 1.82) is 0 Å². The molecule has 1 aromatic rings. The van der Waals surface area contributed by atoms with Gasteiger partial charge < -0.3 is 14.6 Å². The maximum Gasteiger partial charge on any atom is 0.323 e. The molecule has 0 radical (unpaired) electrons. The fourth-order valence-corrected chi connectivity index (χ4v) is 2.53. The summed E-state index contributed by atoms with van der Waals surface area (Å²) in [5, 5.41) is 8.80. The topological polar surface area (TPSA) is 62.5 Å². The number of carboxylic acid groups (broad SMARTS) is 1. The number of nitrogens with zero attached hydrogens (tertiary/aromatic N) is 2. The molecule has 1 aromatic heterocycles. The predicted molar refractivity (Wildman–Crippen MR) is 66.4 cm³/mol. The van der Waals surface area contributed by atoms with Gasteiger partial charge in [0.15, 0.2) is 0 Å². The first kappa shape index (κ1) is 12.7. The van der Waals surface area contributed by atoms with Gasteiger partial charge in [-0.05, 0) is 25.0 Å². The van der Waals surface area contributed by atoms with E-state index in [2.05, 4.69) is 0 Å². The molecule has 5 nitrogen and oxygen atoms in total. The van der Waals surface area contributed by atoms with Crippen LogP contribution in [0.5, 0.6) is 0 Å². The van der Waals surface area contributed by atoms with E-state index in [-0.39, 0.29) is 12.5 Å². The van der Waals surface area contributed by atoms with Crippen molar-refractivity contribution in [3.05, 3.63) is 24.0 Å². The lowest BCUT2D eigenvalue weighted by Gasteiger charge is -2.24. The van der Waals surface area contributed by atoms with Crippen molar-refractivity contribution in [2.75, 3.05) is 7.05 Å². The van der Waals surface area contributed by atoms with Gasteiger partial charge in [-0.2, -0.15) is 0 Å². The Balaban J connectivity index is 2.12. The maximum atomic E-state index is 12.3. The molecular formula is C13H18N2O3. The van der Waals surface area contributed by atoms with Crippen molar-refractivity contribution in [1.82, 2.24) is 9.47 Å². The van der Waals surface area contributed by atoms with Crippen molar-refractivity contribution in [2.45, 2.75) is 38.3 Å². The molecule has 1 heterocycles. The SMILES string of the molecule is CN(C(=O)c1cccn1CC(=O)O)C1CCCC1. The van der Waals surface area contributed by atoms with Crippen molar-refractivity contribution >= 4 is 11.9 Å². The second-order valence-corrected chi connectivity index (χ2v) is 4.77. The number of carbonyl (C=O) groups excluding carboxylic acids is 1. The molecule has 18 heavy (non-hydrogen) atoms. The Morgan fingerprint density at radius 2 is 2.11 bits per heavy atom. The minimum Gasteiger partial charge on any atom is -0.480 e. The van der Waals surface area contributed by atoms with Gasteiger partial charge in [0.05, 0.1) is 0 Å². The number of hydrogen-bond acceptors (Lipinski definition) is 2. The molecule has 1 saturated carbocycles. The van der Waals surface area contributed by atoms with Crippen molar-refractivity contribution < 1.29 is 14.7 Å². The molecular weight excluding hydrogens is 232 g/mol. The largest absolute Gasteiger partial charge is 0.480 e. The van der Waals surface area contributed by atoms with Gasteiger partial charge >= 0.3 is 5.97 Å². The van der Waals surface area contributed by atoms with E-state index in [1.165, 1.54) is 17.4 Å². The molecule has 1 amide bonds.